The van der Waals surface area contributed by atoms with Crippen LogP contribution in [0, 0.1) is 0 Å². The van der Waals surface area contributed by atoms with Crippen LogP contribution in [0.2, 0.25) is 0 Å². The Bertz CT molecular complexity index is 410. The van der Waals surface area contributed by atoms with E-state index in [1.807, 2.05) is 21.1 Å². The summed E-state index contributed by atoms with van der Waals surface area (Å²) in [5.74, 6) is -0.655. The Balaban J connectivity index is 4.03. The lowest BCUT2D eigenvalue weighted by atomic mass is 10.5. The van der Waals surface area contributed by atoms with Crippen molar-refractivity contribution in [3.8, 4) is 0 Å². The van der Waals surface area contributed by atoms with Crippen molar-refractivity contribution in [3.05, 3.63) is 0 Å². The van der Waals surface area contributed by atoms with Crippen LogP contribution in [0.15, 0.2) is 0 Å². The van der Waals surface area contributed by atoms with Crippen LogP contribution in [0.1, 0.15) is 6.92 Å². The number of likely N-dealkylation sites (N-methyl/N-ethyl adjacent to an activating group) is 1. The SMILES string of the molecule is CO[P@](=O)(OCC[N+](C)(C)C)OCC(=O)NCCNC(C)=O. The molecule has 0 aromatic rings. The van der Waals surface area contributed by atoms with Crippen LogP contribution in [0.25, 0.3) is 0 Å². The minimum absolute atomic E-state index is 0.179. The quantitative estimate of drug-likeness (QED) is 0.305. The number of quaternary nitrogens is 1. The molecule has 0 rings (SSSR count). The van der Waals surface area contributed by atoms with Crippen LogP contribution < -0.4 is 10.6 Å². The zero-order chi connectivity index (χ0) is 17.2. The van der Waals surface area contributed by atoms with Gasteiger partial charge in [0.2, 0.25) is 11.8 Å². The first-order valence-electron chi connectivity index (χ1n) is 6.84. The maximum absolute atomic E-state index is 12.1. The lowest BCUT2D eigenvalue weighted by molar-refractivity contribution is -0.870. The van der Waals surface area contributed by atoms with Gasteiger partial charge in [-0.05, 0) is 0 Å². The van der Waals surface area contributed by atoms with Gasteiger partial charge in [-0.3, -0.25) is 23.2 Å². The summed E-state index contributed by atoms with van der Waals surface area (Å²) in [4.78, 5) is 22.1. The Labute approximate surface area is 131 Å². The molecule has 1 atom stereocenters. The van der Waals surface area contributed by atoms with Gasteiger partial charge in [-0.2, -0.15) is 0 Å². The topological polar surface area (TPSA) is 103 Å². The summed E-state index contributed by atoms with van der Waals surface area (Å²) in [6, 6.07) is 0. The Morgan fingerprint density at radius 3 is 2.18 bits per heavy atom. The minimum Gasteiger partial charge on any atom is -0.355 e. The Morgan fingerprint density at radius 1 is 1.09 bits per heavy atom. The van der Waals surface area contributed by atoms with E-state index in [1.165, 1.54) is 14.0 Å². The molecule has 10 heteroatoms. The van der Waals surface area contributed by atoms with Gasteiger partial charge in [-0.15, -0.1) is 0 Å². The van der Waals surface area contributed by atoms with Crippen molar-refractivity contribution in [2.75, 3.05) is 61.1 Å². The lowest BCUT2D eigenvalue weighted by Gasteiger charge is -2.24. The standard InChI is InChI=1S/C12H26N3O6P/c1-11(16)13-6-7-14-12(17)10-21-22(18,19-5)20-9-8-15(2,3)4/h6-10H2,1-5H3,(H-,13,14,16,17)/p+1/t22-/m1/s1. The third-order valence-corrected chi connectivity index (χ3v) is 3.80. The van der Waals surface area contributed by atoms with Gasteiger partial charge in [0.05, 0.1) is 21.1 Å². The van der Waals surface area contributed by atoms with Crippen LogP contribution in [0.5, 0.6) is 0 Å². The van der Waals surface area contributed by atoms with Crippen molar-refractivity contribution in [3.63, 3.8) is 0 Å². The second-order valence-electron chi connectivity index (χ2n) is 5.58. The first kappa shape index (κ1) is 21.0. The lowest BCUT2D eigenvalue weighted by Crippen LogP contribution is -2.37. The van der Waals surface area contributed by atoms with Crippen molar-refractivity contribution < 1.29 is 32.2 Å². The molecule has 0 spiro atoms. The molecule has 0 aromatic heterocycles. The number of hydrogen-bond acceptors (Lipinski definition) is 6. The largest absolute Gasteiger partial charge is 0.475 e. The van der Waals surface area contributed by atoms with E-state index < -0.39 is 20.3 Å². The molecule has 0 saturated heterocycles. The van der Waals surface area contributed by atoms with Crippen LogP contribution in [0.3, 0.4) is 0 Å². The van der Waals surface area contributed by atoms with Gasteiger partial charge in [-0.1, -0.05) is 0 Å². The van der Waals surface area contributed by atoms with E-state index in [-0.39, 0.29) is 19.1 Å². The van der Waals surface area contributed by atoms with Gasteiger partial charge in [0.1, 0.15) is 19.8 Å². The van der Waals surface area contributed by atoms with Gasteiger partial charge in [-0.25, -0.2) is 4.57 Å². The number of phosphoric acid groups is 1. The molecule has 2 N–H and O–H groups in total. The summed E-state index contributed by atoms with van der Waals surface area (Å²) in [6.07, 6.45) is 0. The van der Waals surface area contributed by atoms with E-state index in [0.29, 0.717) is 17.6 Å². The molecule has 0 aliphatic rings. The monoisotopic (exact) mass is 340 g/mol. The average Bonchev–Trinajstić information content (AvgIpc) is 2.40. The van der Waals surface area contributed by atoms with Crippen molar-refractivity contribution >= 4 is 19.6 Å². The maximum Gasteiger partial charge on any atom is 0.475 e. The van der Waals surface area contributed by atoms with E-state index in [0.717, 1.165) is 0 Å². The van der Waals surface area contributed by atoms with Gasteiger partial charge in [0, 0.05) is 27.1 Å². The predicted molar refractivity (Wildman–Crippen MR) is 81.1 cm³/mol. The van der Waals surface area contributed by atoms with Gasteiger partial charge in [0.15, 0.2) is 0 Å². The van der Waals surface area contributed by atoms with Crippen molar-refractivity contribution in [1.82, 2.24) is 10.6 Å². The van der Waals surface area contributed by atoms with Gasteiger partial charge in [0.25, 0.3) is 0 Å². The molecule has 0 heterocycles. The molecule has 22 heavy (non-hydrogen) atoms. The Kier molecular flexibility index (Phi) is 9.47. The third-order valence-electron chi connectivity index (χ3n) is 2.41. The number of hydrogen-bond donors (Lipinski definition) is 2. The fourth-order valence-electron chi connectivity index (χ4n) is 1.20. The molecule has 2 amide bonds. The first-order valence-corrected chi connectivity index (χ1v) is 8.30. The Morgan fingerprint density at radius 2 is 1.68 bits per heavy atom. The summed E-state index contributed by atoms with van der Waals surface area (Å²) in [7, 11) is 3.35. The van der Waals surface area contributed by atoms with E-state index in [9.17, 15) is 14.2 Å². The zero-order valence-corrected chi connectivity index (χ0v) is 14.8. The van der Waals surface area contributed by atoms with E-state index in [2.05, 4.69) is 10.6 Å². The summed E-state index contributed by atoms with van der Waals surface area (Å²) in [5.41, 5.74) is 0. The maximum atomic E-state index is 12.1. The summed E-state index contributed by atoms with van der Waals surface area (Å²) in [5, 5.41) is 5.03. The number of carbonyl (C=O) groups excluding carboxylic acids is 2. The van der Waals surface area contributed by atoms with Crippen molar-refractivity contribution in [2.24, 2.45) is 0 Å². The smallest absolute Gasteiger partial charge is 0.355 e. The second kappa shape index (κ2) is 9.91. The van der Waals surface area contributed by atoms with E-state index in [1.54, 1.807) is 0 Å². The molecule has 0 bridgehead atoms. The fraction of sp³-hybridized carbons (Fsp3) is 0.833. The molecule has 0 unspecified atom stereocenters. The number of carbonyl (C=O) groups is 2. The normalized spacial score (nSPS) is 14.2. The second-order valence-corrected chi connectivity index (χ2v) is 7.36. The molecule has 0 radical (unpaired) electrons. The highest BCUT2D eigenvalue weighted by atomic mass is 31.2. The molecule has 0 fully saturated rings. The molecule has 130 valence electrons. The molecule has 0 aromatic carbocycles. The van der Waals surface area contributed by atoms with Crippen LogP contribution >= 0.6 is 7.82 Å². The van der Waals surface area contributed by atoms with Gasteiger partial charge < -0.3 is 15.1 Å². The molecule has 9 nitrogen and oxygen atoms in total. The number of phosphoric ester groups is 1. The number of amides is 2. The third kappa shape index (κ3) is 11.6. The van der Waals surface area contributed by atoms with Crippen LogP contribution in [-0.2, 0) is 27.7 Å². The van der Waals surface area contributed by atoms with Gasteiger partial charge >= 0.3 is 7.82 Å². The molecular weight excluding hydrogens is 313 g/mol. The van der Waals surface area contributed by atoms with Crippen LogP contribution in [0.4, 0.5) is 0 Å². The highest BCUT2D eigenvalue weighted by molar-refractivity contribution is 7.48. The first-order chi connectivity index (χ1) is 10.1. The van der Waals surface area contributed by atoms with Crippen molar-refractivity contribution in [1.29, 1.82) is 0 Å². The number of nitrogens with zero attached hydrogens (tertiary/aromatic N) is 1. The van der Waals surface area contributed by atoms with E-state index >= 15 is 0 Å². The molecule has 0 aliphatic carbocycles. The summed E-state index contributed by atoms with van der Waals surface area (Å²) in [6.45, 7) is 2.28. The predicted octanol–water partition coefficient (Wildman–Crippen LogP) is -0.267. The zero-order valence-electron chi connectivity index (χ0n) is 13.9. The Hall–Kier alpha value is -0.990. The fourth-order valence-corrected chi connectivity index (χ4v) is 2.06. The number of nitrogens with one attached hydrogen (secondary N) is 2. The average molecular weight is 340 g/mol. The molecule has 0 aliphatic heterocycles. The van der Waals surface area contributed by atoms with Crippen LogP contribution in [-0.4, -0.2) is 77.4 Å². The highest BCUT2D eigenvalue weighted by Crippen LogP contribution is 2.48. The minimum atomic E-state index is -3.74. The molecule has 0 saturated carbocycles. The number of rotatable bonds is 11. The highest BCUT2D eigenvalue weighted by Gasteiger charge is 2.27. The van der Waals surface area contributed by atoms with E-state index in [4.69, 9.17) is 13.6 Å². The summed E-state index contributed by atoms with van der Waals surface area (Å²) >= 11 is 0. The van der Waals surface area contributed by atoms with Crippen molar-refractivity contribution in [2.45, 2.75) is 6.92 Å². The summed E-state index contributed by atoms with van der Waals surface area (Å²) < 4.78 is 27.5. The molecular formula is C12H27N3O6P+.